The third-order valence-corrected chi connectivity index (χ3v) is 0.907. The molecule has 3 N–H and O–H groups in total. The molecule has 0 aliphatic heterocycles. The van der Waals surface area contributed by atoms with Gasteiger partial charge in [-0.05, 0) is 0 Å². The number of nitrogens with two attached hydrogens (primary N) is 1. The van der Waals surface area contributed by atoms with Gasteiger partial charge >= 0.3 is 86.9 Å². The largest absolute Gasteiger partial charge is 1.00 e. The Hall–Kier alpha value is 2.42. The molecule has 0 aliphatic rings. The Balaban J connectivity index is -0.0000000300. The van der Waals surface area contributed by atoms with Crippen molar-refractivity contribution in [2.24, 2.45) is 5.73 Å². The molecule has 3 nitrogen and oxygen atoms in total. The monoisotopic (exact) mass is 185 g/mol. The second kappa shape index (κ2) is 10.4. The molecule has 46 valence electrons. The molecule has 0 fully saturated rings. The van der Waals surface area contributed by atoms with Gasteiger partial charge in [-0.25, -0.2) is 0 Å². The number of carbonyl (C=O) groups is 1. The van der Waals surface area contributed by atoms with Gasteiger partial charge in [0.05, 0.1) is 0 Å². The molecule has 0 aromatic rings. The van der Waals surface area contributed by atoms with Crippen LogP contribution in [0.2, 0.25) is 0 Å². The van der Waals surface area contributed by atoms with E-state index < -0.39 is 12.0 Å². The standard InChI is InChI=1S/C3H7NO2S.K.Na.2H/c4-2(1-7)3(5)6;;;;/h2,7H,1,4H2,(H,5,6);;;;/q;2*+1;2*-1. The van der Waals surface area contributed by atoms with Crippen molar-refractivity contribution in [3.05, 3.63) is 0 Å². The number of rotatable bonds is 2. The van der Waals surface area contributed by atoms with Gasteiger partial charge in [0.2, 0.25) is 0 Å². The minimum absolute atomic E-state index is 0. The number of thiol groups is 1. The van der Waals surface area contributed by atoms with Gasteiger partial charge in [-0.3, -0.25) is 4.79 Å². The third-order valence-electron chi connectivity index (χ3n) is 0.514. The van der Waals surface area contributed by atoms with E-state index in [1.807, 2.05) is 0 Å². The van der Waals surface area contributed by atoms with Gasteiger partial charge in [-0.2, -0.15) is 12.6 Å². The van der Waals surface area contributed by atoms with Gasteiger partial charge in [-0.1, -0.05) is 0 Å². The van der Waals surface area contributed by atoms with Crippen LogP contribution in [0, 0.1) is 0 Å². The number of hydrogen-bond acceptors (Lipinski definition) is 3. The first-order valence-corrected chi connectivity index (χ1v) is 2.41. The molecule has 1 atom stereocenters. The summed E-state index contributed by atoms with van der Waals surface area (Å²) in [6.07, 6.45) is 0. The van der Waals surface area contributed by atoms with Crippen LogP contribution in [0.3, 0.4) is 0 Å². The first-order chi connectivity index (χ1) is 3.18. The Morgan fingerprint density at radius 2 is 2.22 bits per heavy atom. The van der Waals surface area contributed by atoms with E-state index in [2.05, 4.69) is 12.6 Å². The SMILES string of the molecule is NC(CS)C(=O)O.[H-].[H-].[K+].[Na+]. The summed E-state index contributed by atoms with van der Waals surface area (Å²) >= 11 is 3.65. The van der Waals surface area contributed by atoms with Crippen molar-refractivity contribution < 1.29 is 93.7 Å². The van der Waals surface area contributed by atoms with Gasteiger partial charge in [0.1, 0.15) is 6.04 Å². The fourth-order valence-electron chi connectivity index (χ4n) is 0.0781. The van der Waals surface area contributed by atoms with E-state index in [1.165, 1.54) is 0 Å². The van der Waals surface area contributed by atoms with Crippen molar-refractivity contribution in [3.63, 3.8) is 0 Å². The van der Waals surface area contributed by atoms with Crippen LogP contribution in [0.1, 0.15) is 2.85 Å². The fourth-order valence-corrected chi connectivity index (χ4v) is 0.234. The zero-order chi connectivity index (χ0) is 5.86. The molecule has 0 aromatic heterocycles. The smallest absolute Gasteiger partial charge is 1.00 e. The molecule has 0 aliphatic carbocycles. The summed E-state index contributed by atoms with van der Waals surface area (Å²) in [5.74, 6) is -0.815. The van der Waals surface area contributed by atoms with Crippen LogP contribution in [0.25, 0.3) is 0 Å². The number of aliphatic carboxylic acids is 1. The minimum atomic E-state index is -1.00. The normalized spacial score (nSPS) is 10.4. The van der Waals surface area contributed by atoms with Gasteiger partial charge in [-0.15, -0.1) is 0 Å². The van der Waals surface area contributed by atoms with E-state index in [0.29, 0.717) is 0 Å². The second-order valence-corrected chi connectivity index (χ2v) is 1.49. The average molecular weight is 185 g/mol. The molecule has 0 radical (unpaired) electrons. The molecule has 0 bridgehead atoms. The van der Waals surface area contributed by atoms with E-state index in [1.54, 1.807) is 0 Å². The van der Waals surface area contributed by atoms with Gasteiger partial charge in [0.15, 0.2) is 0 Å². The Labute approximate surface area is 127 Å². The molecule has 0 saturated heterocycles. The minimum Gasteiger partial charge on any atom is -1.00 e. The maximum atomic E-state index is 9.76. The summed E-state index contributed by atoms with van der Waals surface area (Å²) in [6.45, 7) is 0. The molecule has 0 aromatic carbocycles. The summed E-state index contributed by atoms with van der Waals surface area (Å²) in [6, 6.07) is -0.816. The molecule has 0 rings (SSSR count). The van der Waals surface area contributed by atoms with Crippen LogP contribution in [0.5, 0.6) is 0 Å². The molecule has 0 spiro atoms. The zero-order valence-corrected chi connectivity index (χ0v) is 11.7. The van der Waals surface area contributed by atoms with Crippen LogP contribution in [0.15, 0.2) is 0 Å². The second-order valence-electron chi connectivity index (χ2n) is 1.13. The number of carboxylic acids is 1. The summed E-state index contributed by atoms with van der Waals surface area (Å²) in [5, 5.41) is 8.01. The molecule has 0 saturated carbocycles. The van der Waals surface area contributed by atoms with E-state index in [4.69, 9.17) is 10.8 Å². The van der Waals surface area contributed by atoms with Crippen molar-refractivity contribution >= 4 is 18.6 Å². The van der Waals surface area contributed by atoms with Crippen LogP contribution in [-0.4, -0.2) is 22.9 Å². The zero-order valence-electron chi connectivity index (χ0n) is 7.66. The van der Waals surface area contributed by atoms with Gasteiger partial charge < -0.3 is 13.7 Å². The molecule has 0 heterocycles. The number of carboxylic acid groups (broad SMARTS) is 1. The Morgan fingerprint density at radius 1 is 1.89 bits per heavy atom. The molecular weight excluding hydrogens is 176 g/mol. The number of hydrogen-bond donors (Lipinski definition) is 3. The molecule has 9 heavy (non-hydrogen) atoms. The van der Waals surface area contributed by atoms with Crippen molar-refractivity contribution in [1.82, 2.24) is 0 Å². The molecule has 1 unspecified atom stereocenters. The van der Waals surface area contributed by atoms with E-state index in [-0.39, 0.29) is 89.5 Å². The molecular formula is C3H9KNNaO2S. The van der Waals surface area contributed by atoms with E-state index >= 15 is 0 Å². The predicted octanol–water partition coefficient (Wildman–Crippen LogP) is -6.44. The van der Waals surface area contributed by atoms with Crippen LogP contribution < -0.4 is 86.7 Å². The molecule has 6 heteroatoms. The van der Waals surface area contributed by atoms with E-state index in [0.717, 1.165) is 0 Å². The summed E-state index contributed by atoms with van der Waals surface area (Å²) in [5.41, 5.74) is 4.94. The van der Waals surface area contributed by atoms with Crippen LogP contribution >= 0.6 is 12.6 Å². The Bertz CT molecular complexity index is 91.7. The van der Waals surface area contributed by atoms with Crippen molar-refractivity contribution in [2.45, 2.75) is 6.04 Å². The fraction of sp³-hybridized carbons (Fsp3) is 0.667. The van der Waals surface area contributed by atoms with Gasteiger partial charge in [0.25, 0.3) is 0 Å². The Kier molecular flexibility index (Phi) is 20.2. The average Bonchev–Trinajstić information content (AvgIpc) is 1.65. The van der Waals surface area contributed by atoms with Crippen molar-refractivity contribution in [1.29, 1.82) is 0 Å². The summed E-state index contributed by atoms with van der Waals surface area (Å²) in [7, 11) is 0. The maximum Gasteiger partial charge on any atom is 1.00 e. The summed E-state index contributed by atoms with van der Waals surface area (Å²) < 4.78 is 0. The van der Waals surface area contributed by atoms with Crippen molar-refractivity contribution in [3.8, 4) is 0 Å². The topological polar surface area (TPSA) is 63.3 Å². The summed E-state index contributed by atoms with van der Waals surface area (Å²) in [4.78, 5) is 9.76. The van der Waals surface area contributed by atoms with Crippen molar-refractivity contribution in [2.75, 3.05) is 5.75 Å². The first-order valence-electron chi connectivity index (χ1n) is 1.77. The third kappa shape index (κ3) is 10.4. The first kappa shape index (κ1) is 17.5. The Morgan fingerprint density at radius 3 is 2.22 bits per heavy atom. The predicted molar refractivity (Wildman–Crippen MR) is 31.7 cm³/mol. The quantitative estimate of drug-likeness (QED) is 0.296. The maximum absolute atomic E-state index is 9.76. The van der Waals surface area contributed by atoms with Gasteiger partial charge in [0, 0.05) is 5.75 Å². The molecule has 0 amide bonds. The van der Waals surface area contributed by atoms with E-state index in [9.17, 15) is 4.79 Å². The van der Waals surface area contributed by atoms with Crippen LogP contribution in [-0.2, 0) is 4.79 Å². The van der Waals surface area contributed by atoms with Crippen LogP contribution in [0.4, 0.5) is 0 Å².